The van der Waals surface area contributed by atoms with Crippen LogP contribution in [0, 0.1) is 0 Å². The van der Waals surface area contributed by atoms with Crippen molar-refractivity contribution < 1.29 is 53.6 Å². The number of nitrogens with zero attached hydrogens (tertiary/aromatic N) is 1. The van der Waals surface area contributed by atoms with Gasteiger partial charge in [0, 0.05) is 24.9 Å². The normalized spacial score (nSPS) is 31.7. The fraction of sp³-hybridized carbons (Fsp3) is 0.583. The molecule has 0 saturated carbocycles. The van der Waals surface area contributed by atoms with Crippen LogP contribution in [0.3, 0.4) is 0 Å². The van der Waals surface area contributed by atoms with Crippen molar-refractivity contribution in [3.8, 4) is 5.75 Å². The zero-order valence-electron chi connectivity index (χ0n) is 20.5. The smallest absolute Gasteiger partial charge is 0.362 e. The fourth-order valence-corrected chi connectivity index (χ4v) is 4.82. The van der Waals surface area contributed by atoms with Gasteiger partial charge in [-0.05, 0) is 31.0 Å². The monoisotopic (exact) mass is 524 g/mol. The van der Waals surface area contributed by atoms with E-state index in [-0.39, 0.29) is 35.2 Å². The predicted octanol–water partition coefficient (Wildman–Crippen LogP) is -1.27. The summed E-state index contributed by atoms with van der Waals surface area (Å²) in [7, 11) is 1.88. The van der Waals surface area contributed by atoms with Crippen molar-refractivity contribution in [2.45, 2.75) is 69.0 Å². The van der Waals surface area contributed by atoms with Crippen LogP contribution in [0.4, 0.5) is 5.69 Å². The van der Waals surface area contributed by atoms with Gasteiger partial charge in [0.25, 0.3) is 0 Å². The molecule has 13 nitrogen and oxygen atoms in total. The second kappa shape index (κ2) is 12.4. The Kier molecular flexibility index (Phi) is 9.56. The van der Waals surface area contributed by atoms with E-state index in [0.29, 0.717) is 25.9 Å². The van der Waals surface area contributed by atoms with E-state index in [1.807, 2.05) is 7.05 Å². The zero-order valence-corrected chi connectivity index (χ0v) is 20.5. The number of aldehydes is 1. The van der Waals surface area contributed by atoms with Crippen molar-refractivity contribution in [3.63, 3.8) is 0 Å². The maximum absolute atomic E-state index is 12.5. The highest BCUT2D eigenvalue weighted by Crippen LogP contribution is 2.33. The van der Waals surface area contributed by atoms with E-state index >= 15 is 0 Å². The number of aliphatic hydroxyl groups excluding tert-OH is 3. The van der Waals surface area contributed by atoms with Crippen LogP contribution in [0.15, 0.2) is 18.2 Å². The molecule has 0 aliphatic carbocycles. The van der Waals surface area contributed by atoms with Gasteiger partial charge in [0.1, 0.15) is 36.7 Å². The SMILES string of the molecule is C[N+]1(Cc2ccc(O[C@@H]3OC(C=O)[C@@H](O)C(O)[C@H]3O)c(NC(=O)CCNC=O)c2)CCCC[C@@H]1C(=O)O. The summed E-state index contributed by atoms with van der Waals surface area (Å²) in [5.74, 6) is -1.27. The van der Waals surface area contributed by atoms with Gasteiger partial charge in [-0.15, -0.1) is 0 Å². The molecule has 37 heavy (non-hydrogen) atoms. The van der Waals surface area contributed by atoms with Crippen molar-refractivity contribution >= 4 is 30.3 Å². The maximum atomic E-state index is 12.5. The Morgan fingerprint density at radius 1 is 1.16 bits per heavy atom. The molecule has 204 valence electrons. The Morgan fingerprint density at radius 2 is 1.92 bits per heavy atom. The molecule has 0 spiro atoms. The van der Waals surface area contributed by atoms with E-state index in [0.717, 1.165) is 18.4 Å². The summed E-state index contributed by atoms with van der Waals surface area (Å²) >= 11 is 0. The van der Waals surface area contributed by atoms with Crippen LogP contribution in [0.5, 0.6) is 5.75 Å². The minimum atomic E-state index is -1.71. The summed E-state index contributed by atoms with van der Waals surface area (Å²) in [4.78, 5) is 46.1. The second-order valence-corrected chi connectivity index (χ2v) is 9.61. The lowest BCUT2D eigenvalue weighted by molar-refractivity contribution is -0.942. The minimum Gasteiger partial charge on any atom is -0.477 e. The molecule has 2 saturated heterocycles. The molecule has 2 heterocycles. The number of carboxylic acid groups (broad SMARTS) is 1. The van der Waals surface area contributed by atoms with Crippen LogP contribution in [0.25, 0.3) is 0 Å². The Bertz CT molecular complexity index is 992. The van der Waals surface area contributed by atoms with E-state index in [9.17, 15) is 39.6 Å². The first kappa shape index (κ1) is 28.5. The zero-order chi connectivity index (χ0) is 27.2. The molecular formula is C24H34N3O10+. The Morgan fingerprint density at radius 3 is 2.59 bits per heavy atom. The van der Waals surface area contributed by atoms with Crippen molar-refractivity contribution in [3.05, 3.63) is 23.8 Å². The molecule has 3 unspecified atom stereocenters. The number of amides is 2. The number of quaternary nitrogens is 1. The number of benzene rings is 1. The van der Waals surface area contributed by atoms with E-state index in [4.69, 9.17) is 9.47 Å². The average molecular weight is 525 g/mol. The van der Waals surface area contributed by atoms with Gasteiger partial charge in [-0.3, -0.25) is 9.59 Å². The van der Waals surface area contributed by atoms with Gasteiger partial charge >= 0.3 is 5.97 Å². The number of anilines is 1. The van der Waals surface area contributed by atoms with Crippen LogP contribution >= 0.6 is 0 Å². The summed E-state index contributed by atoms with van der Waals surface area (Å²) in [6.45, 7) is 1.13. The number of nitrogens with one attached hydrogen (secondary N) is 2. The number of likely N-dealkylation sites (tertiary alicyclic amines) is 1. The molecule has 6 N–H and O–H groups in total. The first-order valence-corrected chi connectivity index (χ1v) is 12.1. The maximum Gasteiger partial charge on any atom is 0.362 e. The van der Waals surface area contributed by atoms with E-state index < -0.39 is 48.6 Å². The topological polar surface area (TPSA) is 192 Å². The van der Waals surface area contributed by atoms with Crippen LogP contribution in [0.1, 0.15) is 31.2 Å². The van der Waals surface area contributed by atoms with E-state index in [2.05, 4.69) is 10.6 Å². The van der Waals surface area contributed by atoms with Crippen LogP contribution < -0.4 is 15.4 Å². The summed E-state index contributed by atoms with van der Waals surface area (Å²) in [5.41, 5.74) is 0.902. The molecule has 1 aromatic carbocycles. The third kappa shape index (κ3) is 6.81. The predicted molar refractivity (Wildman–Crippen MR) is 127 cm³/mol. The van der Waals surface area contributed by atoms with E-state index in [1.54, 1.807) is 12.1 Å². The van der Waals surface area contributed by atoms with Crippen LogP contribution in [-0.4, -0.2) is 106 Å². The second-order valence-electron chi connectivity index (χ2n) is 9.61. The highest BCUT2D eigenvalue weighted by atomic mass is 16.7. The molecule has 2 fully saturated rings. The molecule has 3 rings (SSSR count). The average Bonchev–Trinajstić information content (AvgIpc) is 2.85. The van der Waals surface area contributed by atoms with Crippen molar-refractivity contribution in [1.82, 2.24) is 5.32 Å². The summed E-state index contributed by atoms with van der Waals surface area (Å²) in [6.07, 6.45) is -5.04. The number of rotatable bonds is 11. The molecule has 2 amide bonds. The first-order valence-electron chi connectivity index (χ1n) is 12.1. The summed E-state index contributed by atoms with van der Waals surface area (Å²) in [5, 5.41) is 45.1. The lowest BCUT2D eigenvalue weighted by Gasteiger charge is -2.42. The number of carbonyl (C=O) groups excluding carboxylic acids is 3. The van der Waals surface area contributed by atoms with Gasteiger partial charge in [-0.1, -0.05) is 0 Å². The molecule has 7 atom stereocenters. The summed E-state index contributed by atoms with van der Waals surface area (Å²) in [6, 6.07) is 4.24. The van der Waals surface area contributed by atoms with Crippen LogP contribution in [0.2, 0.25) is 0 Å². The van der Waals surface area contributed by atoms with Crippen molar-refractivity contribution in [2.75, 3.05) is 25.5 Å². The molecule has 1 aromatic rings. The molecule has 13 heteroatoms. The third-order valence-electron chi connectivity index (χ3n) is 6.86. The Balaban J connectivity index is 1.87. The fourth-order valence-electron chi connectivity index (χ4n) is 4.82. The largest absolute Gasteiger partial charge is 0.477 e. The van der Waals surface area contributed by atoms with Crippen LogP contribution in [-0.2, 0) is 30.5 Å². The molecule has 0 aromatic heterocycles. The number of carboxylic acids is 1. The number of ether oxygens (including phenoxy) is 2. The molecule has 0 radical (unpaired) electrons. The van der Waals surface area contributed by atoms with Gasteiger partial charge in [0.05, 0.1) is 19.3 Å². The van der Waals surface area contributed by atoms with Gasteiger partial charge < -0.3 is 49.8 Å². The van der Waals surface area contributed by atoms with Gasteiger partial charge in [-0.2, -0.15) is 0 Å². The van der Waals surface area contributed by atoms with Gasteiger partial charge in [0.2, 0.25) is 18.6 Å². The Hall–Kier alpha value is -3.10. The highest BCUT2D eigenvalue weighted by molar-refractivity contribution is 5.92. The van der Waals surface area contributed by atoms with Crippen molar-refractivity contribution in [1.29, 1.82) is 0 Å². The standard InChI is InChI=1S/C24H33N3O10/c1-27(9-3-2-4-16(27)23(34)35)11-14-5-6-17(15(10-14)26-19(30)7-8-25-13-29)36-24-22(33)21(32)20(31)18(12-28)37-24/h5-6,10,12-13,16,18,20-22,24,31-33H,2-4,7-9,11H2,1H3,(H2-,25,26,29,30,34,35)/p+1/t16-,18?,20-,21?,22-,24-,27?/m1/s1. The quantitative estimate of drug-likeness (QED) is 0.116. The number of piperidine rings is 1. The number of hydrogen-bond acceptors (Lipinski definition) is 9. The number of carbonyl (C=O) groups is 4. The number of aliphatic hydroxyl groups is 3. The minimum absolute atomic E-state index is 0.0437. The molecule has 0 bridgehead atoms. The number of likely N-dealkylation sites (N-methyl/N-ethyl adjacent to an activating group) is 1. The van der Waals surface area contributed by atoms with Gasteiger partial charge in [-0.25, -0.2) is 4.79 Å². The van der Waals surface area contributed by atoms with E-state index in [1.165, 1.54) is 6.07 Å². The number of hydrogen-bond donors (Lipinski definition) is 6. The lowest BCUT2D eigenvalue weighted by atomic mass is 9.97. The first-order chi connectivity index (χ1) is 17.6. The molecule has 2 aliphatic rings. The molecule has 2 aliphatic heterocycles. The molecular weight excluding hydrogens is 490 g/mol. The third-order valence-corrected chi connectivity index (χ3v) is 6.86. The summed E-state index contributed by atoms with van der Waals surface area (Å²) < 4.78 is 11.3. The van der Waals surface area contributed by atoms with Gasteiger partial charge in [0.15, 0.2) is 12.3 Å². The highest BCUT2D eigenvalue weighted by Gasteiger charge is 2.45. The van der Waals surface area contributed by atoms with Crippen molar-refractivity contribution in [2.24, 2.45) is 0 Å². The Labute approximate surface area is 213 Å². The lowest BCUT2D eigenvalue weighted by Crippen LogP contribution is -2.59. The number of aliphatic carboxylic acids is 1.